The maximum atomic E-state index is 13.8. The molecule has 1 fully saturated rings. The number of carboxylic acids is 1. The molecule has 4 heterocycles. The molecule has 0 radical (unpaired) electrons. The minimum atomic E-state index is -1.23. The molecule has 0 bridgehead atoms. The maximum Gasteiger partial charge on any atom is 0.336 e. The van der Waals surface area contributed by atoms with Crippen LogP contribution in [0, 0.1) is 5.82 Å². The summed E-state index contributed by atoms with van der Waals surface area (Å²) in [5.41, 5.74) is 0.866. The van der Waals surface area contributed by atoms with E-state index in [1.165, 1.54) is 27.9 Å². The van der Waals surface area contributed by atoms with Crippen molar-refractivity contribution in [2.75, 3.05) is 13.1 Å². The molecule has 0 saturated carbocycles. The summed E-state index contributed by atoms with van der Waals surface area (Å²) in [4.78, 5) is 50.6. The Morgan fingerprint density at radius 2 is 1.87 bits per heavy atom. The van der Waals surface area contributed by atoms with Gasteiger partial charge in [-0.1, -0.05) is 36.4 Å². The average molecular weight is 632 g/mol. The number of carboxylic acid groups (broad SMARTS) is 1. The Kier molecular flexibility index (Phi) is 8.46. The van der Waals surface area contributed by atoms with Crippen molar-refractivity contribution in [3.05, 3.63) is 105 Å². The molecule has 13 heteroatoms. The standard InChI is InChI=1S/C32H30FN5O6S/c1-19-15-37(16-20(2)44-19)26(39)17-36-10-11-38-30(40)28(43-18-21-6-4-3-5-7-21)27(35-32(36)38)29-34-14-24(45-29)12-22-8-9-23(33)13-25(22)31(41)42/h3-11,13-14,19-20H,12,15-18H2,1-2H3,(H,41,42)/t19-,20-/m0/s1. The van der Waals surface area contributed by atoms with Gasteiger partial charge in [0, 0.05) is 43.0 Å². The fourth-order valence-corrected chi connectivity index (χ4v) is 6.32. The molecular weight excluding hydrogens is 601 g/mol. The number of nitrogens with zero attached hydrogens (tertiary/aromatic N) is 5. The molecule has 1 amide bonds. The number of thiazole rings is 1. The van der Waals surface area contributed by atoms with Crippen molar-refractivity contribution in [2.45, 2.75) is 45.6 Å². The zero-order chi connectivity index (χ0) is 31.7. The van der Waals surface area contributed by atoms with Crippen LogP contribution in [-0.2, 0) is 29.1 Å². The quantitative estimate of drug-likeness (QED) is 0.256. The zero-order valence-electron chi connectivity index (χ0n) is 24.6. The Hall–Kier alpha value is -4.88. The van der Waals surface area contributed by atoms with Crippen LogP contribution < -0.4 is 10.3 Å². The van der Waals surface area contributed by atoms with Crippen LogP contribution in [0.5, 0.6) is 5.75 Å². The fourth-order valence-electron chi connectivity index (χ4n) is 5.40. The van der Waals surface area contributed by atoms with Crippen LogP contribution in [0.25, 0.3) is 16.5 Å². The van der Waals surface area contributed by atoms with Gasteiger partial charge in [0.1, 0.15) is 24.0 Å². The van der Waals surface area contributed by atoms with Gasteiger partial charge in [-0.15, -0.1) is 11.3 Å². The summed E-state index contributed by atoms with van der Waals surface area (Å²) in [7, 11) is 0. The molecule has 1 aliphatic rings. The Morgan fingerprint density at radius 3 is 2.60 bits per heavy atom. The lowest BCUT2D eigenvalue weighted by atomic mass is 10.0. The first-order valence-corrected chi connectivity index (χ1v) is 15.2. The number of amides is 1. The molecule has 45 heavy (non-hydrogen) atoms. The smallest absolute Gasteiger partial charge is 0.336 e. The average Bonchev–Trinajstić information content (AvgIpc) is 3.64. The summed E-state index contributed by atoms with van der Waals surface area (Å²) in [6, 6.07) is 13.0. The fraction of sp³-hybridized carbons (Fsp3) is 0.281. The highest BCUT2D eigenvalue weighted by atomic mass is 32.1. The van der Waals surface area contributed by atoms with Crippen LogP contribution in [0.15, 0.2) is 71.9 Å². The van der Waals surface area contributed by atoms with E-state index in [2.05, 4.69) is 4.98 Å². The number of carbonyl (C=O) groups excluding carboxylic acids is 1. The predicted octanol–water partition coefficient (Wildman–Crippen LogP) is 4.26. The van der Waals surface area contributed by atoms with E-state index >= 15 is 0 Å². The molecule has 1 aliphatic heterocycles. The maximum absolute atomic E-state index is 13.8. The molecule has 1 N–H and O–H groups in total. The SMILES string of the molecule is C[C@H]1CN(C(=O)Cn2ccn3c(=O)c(OCc4ccccc4)c(-c4ncc(Cc5ccc(F)cc5C(=O)O)s4)nc23)C[C@H](C)O1. The molecule has 2 aromatic carbocycles. The second-order valence-corrected chi connectivity index (χ2v) is 12.1. The number of imidazole rings is 1. The molecule has 0 spiro atoms. The number of halogens is 1. The number of carbonyl (C=O) groups is 2. The molecule has 2 atom stereocenters. The van der Waals surface area contributed by atoms with Gasteiger partial charge in [0.15, 0.2) is 5.69 Å². The normalized spacial score (nSPS) is 16.6. The zero-order valence-corrected chi connectivity index (χ0v) is 25.4. The number of aromatic nitrogens is 4. The molecule has 3 aromatic heterocycles. The first-order chi connectivity index (χ1) is 21.7. The highest BCUT2D eigenvalue weighted by Gasteiger charge is 2.27. The Morgan fingerprint density at radius 1 is 1.11 bits per heavy atom. The lowest BCUT2D eigenvalue weighted by molar-refractivity contribution is -0.143. The van der Waals surface area contributed by atoms with E-state index in [1.54, 1.807) is 28.1 Å². The van der Waals surface area contributed by atoms with E-state index in [9.17, 15) is 23.9 Å². The van der Waals surface area contributed by atoms with E-state index in [0.717, 1.165) is 11.6 Å². The van der Waals surface area contributed by atoms with Crippen LogP contribution in [-0.4, -0.2) is 66.1 Å². The molecular formula is C32H30FN5O6S. The van der Waals surface area contributed by atoms with Crippen molar-refractivity contribution < 1.29 is 28.6 Å². The molecule has 1 saturated heterocycles. The summed E-state index contributed by atoms with van der Waals surface area (Å²) in [5.74, 6) is -1.76. The van der Waals surface area contributed by atoms with Gasteiger partial charge < -0.3 is 24.0 Å². The summed E-state index contributed by atoms with van der Waals surface area (Å²) >= 11 is 1.22. The summed E-state index contributed by atoms with van der Waals surface area (Å²) < 4.78 is 28.5. The molecule has 5 aromatic rings. The summed E-state index contributed by atoms with van der Waals surface area (Å²) in [5, 5.41) is 9.95. The van der Waals surface area contributed by atoms with Gasteiger partial charge in [-0.2, -0.15) is 0 Å². The van der Waals surface area contributed by atoms with Gasteiger partial charge in [-0.3, -0.25) is 9.59 Å². The third kappa shape index (κ3) is 6.49. The minimum Gasteiger partial charge on any atom is -0.481 e. The second-order valence-electron chi connectivity index (χ2n) is 10.9. The van der Waals surface area contributed by atoms with Crippen LogP contribution in [0.3, 0.4) is 0 Å². The van der Waals surface area contributed by atoms with Crippen LogP contribution >= 0.6 is 11.3 Å². The van der Waals surface area contributed by atoms with Gasteiger partial charge in [-0.25, -0.2) is 23.6 Å². The Labute approximate surface area is 261 Å². The van der Waals surface area contributed by atoms with Gasteiger partial charge >= 0.3 is 11.5 Å². The number of aromatic carboxylic acids is 1. The van der Waals surface area contributed by atoms with E-state index in [0.29, 0.717) is 28.5 Å². The van der Waals surface area contributed by atoms with Gasteiger partial charge in [0.25, 0.3) is 0 Å². The highest BCUT2D eigenvalue weighted by molar-refractivity contribution is 7.15. The second kappa shape index (κ2) is 12.6. The van der Waals surface area contributed by atoms with Crippen LogP contribution in [0.4, 0.5) is 4.39 Å². The van der Waals surface area contributed by atoms with Crippen molar-refractivity contribution >= 4 is 29.0 Å². The van der Waals surface area contributed by atoms with Crippen molar-refractivity contribution in [3.63, 3.8) is 0 Å². The lowest BCUT2D eigenvalue weighted by Crippen LogP contribution is -2.49. The van der Waals surface area contributed by atoms with E-state index in [-0.39, 0.29) is 60.5 Å². The first-order valence-electron chi connectivity index (χ1n) is 14.3. The van der Waals surface area contributed by atoms with E-state index < -0.39 is 17.3 Å². The number of benzene rings is 2. The van der Waals surface area contributed by atoms with Crippen molar-refractivity contribution in [2.24, 2.45) is 0 Å². The molecule has 232 valence electrons. The first kappa shape index (κ1) is 30.2. The minimum absolute atomic E-state index is 0.00911. The third-order valence-electron chi connectivity index (χ3n) is 7.44. The topological polar surface area (TPSA) is 128 Å². The van der Waals surface area contributed by atoms with Gasteiger partial charge in [0.2, 0.25) is 17.4 Å². The molecule has 6 rings (SSSR count). The van der Waals surface area contributed by atoms with Crippen molar-refractivity contribution in [3.8, 4) is 16.5 Å². The van der Waals surface area contributed by atoms with Crippen LogP contribution in [0.1, 0.15) is 40.2 Å². The van der Waals surface area contributed by atoms with Crippen molar-refractivity contribution in [1.29, 1.82) is 0 Å². The number of morpholine rings is 1. The number of hydrogen-bond acceptors (Lipinski definition) is 8. The van der Waals surface area contributed by atoms with Gasteiger partial charge in [0.05, 0.1) is 17.8 Å². The Balaban J connectivity index is 1.37. The van der Waals surface area contributed by atoms with Crippen molar-refractivity contribution in [1.82, 2.24) is 23.8 Å². The van der Waals surface area contributed by atoms with E-state index in [4.69, 9.17) is 14.5 Å². The monoisotopic (exact) mass is 631 g/mol. The van der Waals surface area contributed by atoms with Crippen LogP contribution in [0.2, 0.25) is 0 Å². The largest absolute Gasteiger partial charge is 0.481 e. The van der Waals surface area contributed by atoms with E-state index in [1.807, 2.05) is 44.2 Å². The highest BCUT2D eigenvalue weighted by Crippen LogP contribution is 2.32. The molecule has 0 aliphatic carbocycles. The number of hydrogen-bond donors (Lipinski definition) is 1. The molecule has 11 nitrogen and oxygen atoms in total. The number of fused-ring (bicyclic) bond motifs is 1. The summed E-state index contributed by atoms with van der Waals surface area (Å²) in [6.07, 6.45) is 4.77. The number of ether oxygens (including phenoxy) is 2. The number of rotatable bonds is 9. The lowest BCUT2D eigenvalue weighted by Gasteiger charge is -2.35. The van der Waals surface area contributed by atoms with Gasteiger partial charge in [-0.05, 0) is 37.1 Å². The third-order valence-corrected chi connectivity index (χ3v) is 8.44. The summed E-state index contributed by atoms with van der Waals surface area (Å²) in [6.45, 7) is 4.87. The Bertz CT molecular complexity index is 1930. The molecule has 0 unspecified atom stereocenters. The predicted molar refractivity (Wildman–Crippen MR) is 164 cm³/mol.